The van der Waals surface area contributed by atoms with Gasteiger partial charge in [-0.3, -0.25) is 14.5 Å². The first-order chi connectivity index (χ1) is 15.5. The molecule has 0 saturated carbocycles. The summed E-state index contributed by atoms with van der Waals surface area (Å²) in [6.07, 6.45) is 0. The number of morpholine rings is 1. The predicted molar refractivity (Wildman–Crippen MR) is 122 cm³/mol. The molecular weight excluding hydrogens is 404 g/mol. The average Bonchev–Trinajstić information content (AvgIpc) is 3.13. The van der Waals surface area contributed by atoms with Crippen LogP contribution in [0.4, 0.5) is 0 Å². The second-order valence-electron chi connectivity index (χ2n) is 7.97. The molecule has 1 aliphatic rings. The molecule has 7 nitrogen and oxygen atoms in total. The quantitative estimate of drug-likeness (QED) is 0.459. The molecule has 1 aliphatic heterocycles. The number of amides is 1. The number of carbonyl (C=O) groups excluding carboxylic acids is 2. The Kier molecular flexibility index (Phi) is 6.78. The van der Waals surface area contributed by atoms with Crippen LogP contribution in [0.5, 0.6) is 0 Å². The van der Waals surface area contributed by atoms with Gasteiger partial charge in [0, 0.05) is 19.6 Å². The minimum Gasteiger partial charge on any atom is -0.379 e. The molecule has 2 aromatic carbocycles. The molecule has 0 bridgehead atoms. The molecule has 1 aromatic heterocycles. The molecule has 0 aliphatic carbocycles. The van der Waals surface area contributed by atoms with Crippen molar-refractivity contribution >= 4 is 11.7 Å². The highest BCUT2D eigenvalue weighted by atomic mass is 16.5. The molecule has 1 fully saturated rings. The minimum atomic E-state index is -0.620. The van der Waals surface area contributed by atoms with E-state index in [9.17, 15) is 9.59 Å². The largest absolute Gasteiger partial charge is 0.379 e. The molecule has 4 rings (SSSR count). The number of aromatic nitrogens is 2. The Morgan fingerprint density at radius 2 is 1.62 bits per heavy atom. The highest BCUT2D eigenvalue weighted by molar-refractivity contribution is 6.43. The van der Waals surface area contributed by atoms with Gasteiger partial charge >= 0.3 is 0 Å². The van der Waals surface area contributed by atoms with Gasteiger partial charge < -0.3 is 10.1 Å². The van der Waals surface area contributed by atoms with Crippen LogP contribution in [0.25, 0.3) is 5.69 Å². The summed E-state index contributed by atoms with van der Waals surface area (Å²) >= 11 is 0. The van der Waals surface area contributed by atoms with E-state index in [1.807, 2.05) is 67.6 Å². The van der Waals surface area contributed by atoms with Crippen molar-refractivity contribution in [3.8, 4) is 5.69 Å². The number of ketones is 1. The normalized spacial score (nSPS) is 15.3. The van der Waals surface area contributed by atoms with Gasteiger partial charge in [0.15, 0.2) is 0 Å². The highest BCUT2D eigenvalue weighted by Gasteiger charge is 2.28. The van der Waals surface area contributed by atoms with Crippen molar-refractivity contribution in [2.75, 3.05) is 32.8 Å². The summed E-state index contributed by atoms with van der Waals surface area (Å²) in [5, 5.41) is 7.48. The van der Waals surface area contributed by atoms with Gasteiger partial charge in [0.2, 0.25) is 0 Å². The number of benzene rings is 2. The van der Waals surface area contributed by atoms with E-state index in [1.165, 1.54) is 0 Å². The van der Waals surface area contributed by atoms with E-state index in [0.717, 1.165) is 24.3 Å². The lowest BCUT2D eigenvalue weighted by Crippen LogP contribution is -2.44. The number of nitrogens with zero attached hydrogens (tertiary/aromatic N) is 3. The van der Waals surface area contributed by atoms with Gasteiger partial charge in [0.1, 0.15) is 0 Å². The number of rotatable bonds is 7. The molecule has 1 amide bonds. The van der Waals surface area contributed by atoms with Crippen LogP contribution in [-0.4, -0.2) is 59.2 Å². The van der Waals surface area contributed by atoms with Gasteiger partial charge in [-0.05, 0) is 31.5 Å². The van der Waals surface area contributed by atoms with Gasteiger partial charge in [-0.1, -0.05) is 48.5 Å². The molecule has 0 spiro atoms. The molecule has 1 atom stereocenters. The number of Topliss-reactive ketones (excluding diaryl/α,β-unsaturated/α-hetero) is 1. The number of nitrogens with one attached hydrogen (secondary N) is 1. The minimum absolute atomic E-state index is 0.296. The Labute approximate surface area is 188 Å². The van der Waals surface area contributed by atoms with Gasteiger partial charge in [0.25, 0.3) is 11.7 Å². The average molecular weight is 433 g/mol. The van der Waals surface area contributed by atoms with Crippen molar-refractivity contribution in [2.24, 2.45) is 0 Å². The monoisotopic (exact) mass is 432 g/mol. The van der Waals surface area contributed by atoms with E-state index in [2.05, 4.69) is 15.3 Å². The first-order valence-electron chi connectivity index (χ1n) is 10.9. The van der Waals surface area contributed by atoms with Crippen LogP contribution in [-0.2, 0) is 9.53 Å². The number of aryl methyl sites for hydroxylation is 1. The SMILES string of the molecule is Cc1nn(-c2ccccc2)c(C)c1C(=O)C(=O)NC(CN1CCOCC1)c1ccccc1. The Hall–Kier alpha value is -3.29. The number of carbonyl (C=O) groups is 2. The summed E-state index contributed by atoms with van der Waals surface area (Å²) in [6, 6.07) is 19.0. The van der Waals surface area contributed by atoms with Crippen LogP contribution in [0.1, 0.15) is 33.4 Å². The third-order valence-corrected chi connectivity index (χ3v) is 5.78. The van der Waals surface area contributed by atoms with Crippen molar-refractivity contribution in [1.29, 1.82) is 0 Å². The van der Waals surface area contributed by atoms with E-state index in [4.69, 9.17) is 4.74 Å². The first kappa shape index (κ1) is 21.9. The van der Waals surface area contributed by atoms with Crippen LogP contribution in [0, 0.1) is 13.8 Å². The van der Waals surface area contributed by atoms with Crippen LogP contribution < -0.4 is 5.32 Å². The topological polar surface area (TPSA) is 76.5 Å². The number of hydrogen-bond acceptors (Lipinski definition) is 5. The van der Waals surface area contributed by atoms with Crippen LogP contribution >= 0.6 is 0 Å². The van der Waals surface area contributed by atoms with Crippen molar-refractivity contribution in [2.45, 2.75) is 19.9 Å². The van der Waals surface area contributed by atoms with Gasteiger partial charge in [-0.2, -0.15) is 5.10 Å². The van der Waals surface area contributed by atoms with Crippen LogP contribution in [0.2, 0.25) is 0 Å². The molecule has 1 unspecified atom stereocenters. The Balaban J connectivity index is 1.56. The number of hydrogen-bond donors (Lipinski definition) is 1. The van der Waals surface area contributed by atoms with Crippen LogP contribution in [0.15, 0.2) is 60.7 Å². The van der Waals surface area contributed by atoms with E-state index in [-0.39, 0.29) is 6.04 Å². The lowest BCUT2D eigenvalue weighted by molar-refractivity contribution is -0.118. The van der Waals surface area contributed by atoms with Gasteiger partial charge in [-0.15, -0.1) is 0 Å². The number of ether oxygens (including phenoxy) is 1. The molecule has 3 aromatic rings. The van der Waals surface area contributed by atoms with E-state index < -0.39 is 11.7 Å². The summed E-state index contributed by atoms with van der Waals surface area (Å²) in [5.74, 6) is -1.18. The first-order valence-corrected chi connectivity index (χ1v) is 10.9. The van der Waals surface area contributed by atoms with Crippen molar-refractivity contribution < 1.29 is 14.3 Å². The van der Waals surface area contributed by atoms with E-state index >= 15 is 0 Å². The third-order valence-electron chi connectivity index (χ3n) is 5.78. The molecule has 166 valence electrons. The second kappa shape index (κ2) is 9.89. The molecule has 1 N–H and O–H groups in total. The summed E-state index contributed by atoms with van der Waals surface area (Å²) in [7, 11) is 0. The second-order valence-corrected chi connectivity index (χ2v) is 7.97. The molecule has 0 radical (unpaired) electrons. The number of para-hydroxylation sites is 1. The fourth-order valence-corrected chi connectivity index (χ4v) is 4.09. The maximum absolute atomic E-state index is 13.2. The van der Waals surface area contributed by atoms with Crippen LogP contribution in [0.3, 0.4) is 0 Å². The Bertz CT molecular complexity index is 1070. The van der Waals surface area contributed by atoms with Crippen molar-refractivity contribution in [3.05, 3.63) is 83.2 Å². The smallest absolute Gasteiger partial charge is 0.293 e. The van der Waals surface area contributed by atoms with Gasteiger partial charge in [0.05, 0.1) is 41.9 Å². The maximum atomic E-state index is 13.2. The standard InChI is InChI=1S/C25H28N4O3/c1-18-23(19(2)29(27-18)21-11-7-4-8-12-21)24(30)25(31)26-22(20-9-5-3-6-10-20)17-28-13-15-32-16-14-28/h3-12,22H,13-17H2,1-2H3,(H,26,31). The lowest BCUT2D eigenvalue weighted by Gasteiger charge is -2.31. The zero-order chi connectivity index (χ0) is 22.5. The highest BCUT2D eigenvalue weighted by Crippen LogP contribution is 2.20. The summed E-state index contributed by atoms with van der Waals surface area (Å²) in [6.45, 7) is 7.14. The molecule has 7 heteroatoms. The molecule has 2 heterocycles. The van der Waals surface area contributed by atoms with E-state index in [0.29, 0.717) is 36.7 Å². The summed E-state index contributed by atoms with van der Waals surface area (Å²) in [5.41, 5.74) is 3.36. The lowest BCUT2D eigenvalue weighted by atomic mass is 10.0. The third kappa shape index (κ3) is 4.79. The van der Waals surface area contributed by atoms with Gasteiger partial charge in [-0.25, -0.2) is 4.68 Å². The fourth-order valence-electron chi connectivity index (χ4n) is 4.09. The predicted octanol–water partition coefficient (Wildman–Crippen LogP) is 2.86. The van der Waals surface area contributed by atoms with Crippen molar-refractivity contribution in [1.82, 2.24) is 20.0 Å². The Morgan fingerprint density at radius 1 is 1.00 bits per heavy atom. The summed E-state index contributed by atoms with van der Waals surface area (Å²) < 4.78 is 7.14. The Morgan fingerprint density at radius 3 is 2.28 bits per heavy atom. The fraction of sp³-hybridized carbons (Fsp3) is 0.320. The zero-order valence-corrected chi connectivity index (χ0v) is 18.5. The molecule has 1 saturated heterocycles. The molecule has 32 heavy (non-hydrogen) atoms. The van der Waals surface area contributed by atoms with E-state index in [1.54, 1.807) is 11.6 Å². The summed E-state index contributed by atoms with van der Waals surface area (Å²) in [4.78, 5) is 28.5. The van der Waals surface area contributed by atoms with Crippen molar-refractivity contribution in [3.63, 3.8) is 0 Å². The molecular formula is C25H28N4O3. The zero-order valence-electron chi connectivity index (χ0n) is 18.5. The maximum Gasteiger partial charge on any atom is 0.293 e.